The van der Waals surface area contributed by atoms with Gasteiger partial charge in [-0.2, -0.15) is 0 Å². The Kier molecular flexibility index (Phi) is 5.05. The lowest BCUT2D eigenvalue weighted by Gasteiger charge is -2.33. The lowest BCUT2D eigenvalue weighted by atomic mass is 9.94. The number of benzene rings is 1. The first-order chi connectivity index (χ1) is 8.56. The third-order valence-corrected chi connectivity index (χ3v) is 4.54. The Bertz CT molecular complexity index is 403. The van der Waals surface area contributed by atoms with Gasteiger partial charge in [-0.3, -0.25) is 4.90 Å². The van der Waals surface area contributed by atoms with Crippen LogP contribution in [0.5, 0.6) is 0 Å². The molecule has 1 aliphatic rings. The monoisotopic (exact) mass is 333 g/mol. The molecule has 0 aromatic heterocycles. The molecule has 0 N–H and O–H groups in total. The maximum absolute atomic E-state index is 13.7. The van der Waals surface area contributed by atoms with Gasteiger partial charge in [-0.15, -0.1) is 11.6 Å². The molecule has 1 nitrogen and oxygen atoms in total. The molecule has 1 atom stereocenters. The fraction of sp³-hybridized carbons (Fsp3) is 0.571. The zero-order valence-electron chi connectivity index (χ0n) is 10.5. The summed E-state index contributed by atoms with van der Waals surface area (Å²) in [7, 11) is 0. The van der Waals surface area contributed by atoms with Crippen LogP contribution in [-0.4, -0.2) is 23.4 Å². The minimum atomic E-state index is -0.128. The summed E-state index contributed by atoms with van der Waals surface area (Å²) >= 11 is 9.40. The van der Waals surface area contributed by atoms with Crippen molar-refractivity contribution in [3.05, 3.63) is 34.1 Å². The van der Waals surface area contributed by atoms with Gasteiger partial charge in [0.05, 0.1) is 0 Å². The van der Waals surface area contributed by atoms with Gasteiger partial charge in [-0.05, 0) is 50.9 Å². The van der Waals surface area contributed by atoms with Crippen LogP contribution in [0.2, 0.25) is 0 Å². The lowest BCUT2D eigenvalue weighted by Crippen LogP contribution is -2.35. The van der Waals surface area contributed by atoms with Gasteiger partial charge in [0.2, 0.25) is 0 Å². The molecule has 1 aliphatic heterocycles. The van der Waals surface area contributed by atoms with Crippen molar-refractivity contribution in [2.24, 2.45) is 5.92 Å². The Hall–Kier alpha value is -0.120. The van der Waals surface area contributed by atoms with E-state index < -0.39 is 0 Å². The van der Waals surface area contributed by atoms with Crippen molar-refractivity contribution in [1.82, 2.24) is 4.90 Å². The normalized spacial score (nSPS) is 20.0. The second kappa shape index (κ2) is 6.36. The molecule has 0 amide bonds. The fourth-order valence-electron chi connectivity index (χ4n) is 2.46. The highest BCUT2D eigenvalue weighted by Crippen LogP contribution is 2.25. The molecule has 2 rings (SSSR count). The second-order valence-corrected chi connectivity index (χ2v) is 6.63. The molecule has 0 spiro atoms. The van der Waals surface area contributed by atoms with Gasteiger partial charge in [0.25, 0.3) is 0 Å². The van der Waals surface area contributed by atoms with Crippen molar-refractivity contribution < 1.29 is 4.39 Å². The van der Waals surface area contributed by atoms with E-state index in [4.69, 9.17) is 11.6 Å². The Morgan fingerprint density at radius 3 is 2.67 bits per heavy atom. The SMILES string of the molecule is CC(Cl)C1CCN(Cc2ccc(Br)cc2F)CC1. The third kappa shape index (κ3) is 3.69. The van der Waals surface area contributed by atoms with E-state index in [1.165, 1.54) is 6.07 Å². The highest BCUT2D eigenvalue weighted by atomic mass is 79.9. The van der Waals surface area contributed by atoms with Crippen molar-refractivity contribution in [3.63, 3.8) is 0 Å². The second-order valence-electron chi connectivity index (χ2n) is 5.03. The van der Waals surface area contributed by atoms with Crippen LogP contribution in [0.15, 0.2) is 22.7 Å². The summed E-state index contributed by atoms with van der Waals surface area (Å²) in [6, 6.07) is 5.28. The van der Waals surface area contributed by atoms with Crippen LogP contribution in [-0.2, 0) is 6.54 Å². The first-order valence-electron chi connectivity index (χ1n) is 6.36. The molecule has 1 aromatic carbocycles. The molecule has 0 radical (unpaired) electrons. The standard InChI is InChI=1S/C14H18BrClFN/c1-10(16)11-4-6-18(7-5-11)9-12-2-3-13(15)8-14(12)17/h2-3,8,10-11H,4-7,9H2,1H3. The fourth-order valence-corrected chi connectivity index (χ4v) is 3.05. The van der Waals surface area contributed by atoms with Gasteiger partial charge in [0.1, 0.15) is 5.82 Å². The molecular weight excluding hydrogens is 317 g/mol. The van der Waals surface area contributed by atoms with Crippen LogP contribution in [0.4, 0.5) is 4.39 Å². The Labute approximate surface area is 121 Å². The summed E-state index contributed by atoms with van der Waals surface area (Å²) in [4.78, 5) is 2.31. The van der Waals surface area contributed by atoms with Gasteiger partial charge >= 0.3 is 0 Å². The Morgan fingerprint density at radius 1 is 1.44 bits per heavy atom. The van der Waals surface area contributed by atoms with Gasteiger partial charge in [-0.25, -0.2) is 4.39 Å². The Morgan fingerprint density at radius 2 is 2.11 bits per heavy atom. The number of hydrogen-bond acceptors (Lipinski definition) is 1. The number of hydrogen-bond donors (Lipinski definition) is 0. The van der Waals surface area contributed by atoms with Crippen LogP contribution in [0.25, 0.3) is 0 Å². The molecule has 1 unspecified atom stereocenters. The molecule has 1 saturated heterocycles. The maximum atomic E-state index is 13.7. The number of likely N-dealkylation sites (tertiary alicyclic amines) is 1. The molecule has 0 aliphatic carbocycles. The van der Waals surface area contributed by atoms with Crippen LogP contribution in [0.1, 0.15) is 25.3 Å². The van der Waals surface area contributed by atoms with E-state index in [0.29, 0.717) is 12.5 Å². The van der Waals surface area contributed by atoms with E-state index in [2.05, 4.69) is 27.8 Å². The van der Waals surface area contributed by atoms with Gasteiger partial charge in [0.15, 0.2) is 0 Å². The highest BCUT2D eigenvalue weighted by molar-refractivity contribution is 9.10. The predicted molar refractivity (Wildman–Crippen MR) is 77.4 cm³/mol. The zero-order valence-corrected chi connectivity index (χ0v) is 12.8. The molecule has 18 heavy (non-hydrogen) atoms. The zero-order chi connectivity index (χ0) is 13.1. The first-order valence-corrected chi connectivity index (χ1v) is 7.59. The smallest absolute Gasteiger partial charge is 0.128 e. The van der Waals surface area contributed by atoms with Crippen molar-refractivity contribution in [1.29, 1.82) is 0 Å². The summed E-state index contributed by atoms with van der Waals surface area (Å²) in [6.45, 7) is 4.78. The first kappa shape index (κ1) is 14.3. The van der Waals surface area contributed by atoms with Crippen LogP contribution >= 0.6 is 27.5 Å². The van der Waals surface area contributed by atoms with Crippen LogP contribution in [0.3, 0.4) is 0 Å². The third-order valence-electron chi connectivity index (χ3n) is 3.69. The lowest BCUT2D eigenvalue weighted by molar-refractivity contribution is 0.175. The summed E-state index contributed by atoms with van der Waals surface area (Å²) in [6.07, 6.45) is 2.23. The topological polar surface area (TPSA) is 3.24 Å². The summed E-state index contributed by atoms with van der Waals surface area (Å²) in [5.41, 5.74) is 0.774. The van der Waals surface area contributed by atoms with Crippen LogP contribution in [0, 0.1) is 11.7 Å². The van der Waals surface area contributed by atoms with E-state index in [1.54, 1.807) is 0 Å². The van der Waals surface area contributed by atoms with Crippen molar-refractivity contribution in [2.45, 2.75) is 31.7 Å². The molecule has 0 saturated carbocycles. The molecule has 1 aromatic rings. The summed E-state index contributed by atoms with van der Waals surface area (Å²) in [5.74, 6) is 0.481. The number of alkyl halides is 1. The molecule has 4 heteroatoms. The van der Waals surface area contributed by atoms with E-state index in [0.717, 1.165) is 36.0 Å². The minimum Gasteiger partial charge on any atom is -0.299 e. The average molecular weight is 335 g/mol. The maximum Gasteiger partial charge on any atom is 0.128 e. The Balaban J connectivity index is 1.91. The number of rotatable bonds is 3. The molecular formula is C14H18BrClFN. The minimum absolute atomic E-state index is 0.128. The van der Waals surface area contributed by atoms with Crippen molar-refractivity contribution in [3.8, 4) is 0 Å². The molecule has 100 valence electrons. The number of nitrogens with zero attached hydrogens (tertiary/aromatic N) is 1. The van der Waals surface area contributed by atoms with Gasteiger partial charge in [-0.1, -0.05) is 22.0 Å². The number of piperidine rings is 1. The van der Waals surface area contributed by atoms with Crippen LogP contribution < -0.4 is 0 Å². The predicted octanol–water partition coefficient (Wildman–Crippen LogP) is 4.43. The van der Waals surface area contributed by atoms with E-state index >= 15 is 0 Å². The highest BCUT2D eigenvalue weighted by Gasteiger charge is 2.23. The summed E-state index contributed by atoms with van der Waals surface area (Å²) < 4.78 is 14.5. The molecule has 1 heterocycles. The summed E-state index contributed by atoms with van der Waals surface area (Å²) in [5, 5.41) is 0.247. The van der Waals surface area contributed by atoms with Gasteiger partial charge < -0.3 is 0 Å². The van der Waals surface area contributed by atoms with E-state index in [9.17, 15) is 4.39 Å². The number of halogens is 3. The average Bonchev–Trinajstić information content (AvgIpc) is 2.33. The van der Waals surface area contributed by atoms with E-state index in [-0.39, 0.29) is 11.2 Å². The van der Waals surface area contributed by atoms with Crippen molar-refractivity contribution >= 4 is 27.5 Å². The molecule has 0 bridgehead atoms. The van der Waals surface area contributed by atoms with Gasteiger partial charge in [0, 0.05) is 22.0 Å². The van der Waals surface area contributed by atoms with E-state index in [1.807, 2.05) is 12.1 Å². The molecule has 1 fully saturated rings. The van der Waals surface area contributed by atoms with Crippen molar-refractivity contribution in [2.75, 3.05) is 13.1 Å². The quantitative estimate of drug-likeness (QED) is 0.739. The largest absolute Gasteiger partial charge is 0.299 e.